The van der Waals surface area contributed by atoms with Gasteiger partial charge in [0.15, 0.2) is 17.9 Å². The number of phosphoric acid groups is 1. The topological polar surface area (TPSA) is 316 Å². The molecule has 0 spiro atoms. The van der Waals surface area contributed by atoms with Crippen molar-refractivity contribution in [1.29, 1.82) is 0 Å². The molecule has 8 unspecified atom stereocenters. The molecular formula is C18H27N5O14P2S2. The van der Waals surface area contributed by atoms with E-state index in [1.807, 2.05) is 0 Å². The number of aliphatic hydroxyl groups is 6. The van der Waals surface area contributed by atoms with Gasteiger partial charge in [0.05, 0.1) is 54.3 Å². The summed E-state index contributed by atoms with van der Waals surface area (Å²) in [7, 11) is -5.31. The first-order valence-corrected chi connectivity index (χ1v) is 16.7. The monoisotopic (exact) mass is 663 g/mol. The molecular weight excluding hydrogens is 636 g/mol. The van der Waals surface area contributed by atoms with E-state index in [1.54, 1.807) is 0 Å². The molecule has 2 aliphatic heterocycles. The number of aromatic nitrogens is 3. The molecule has 4 heterocycles. The first kappa shape index (κ1) is 31.5. The van der Waals surface area contributed by atoms with Gasteiger partial charge in [-0.15, -0.1) is 0 Å². The Hall–Kier alpha value is -0.910. The van der Waals surface area contributed by atoms with Gasteiger partial charge in [-0.05, 0) is 23.3 Å². The highest BCUT2D eigenvalue weighted by Crippen LogP contribution is 2.64. The molecule has 23 heteroatoms. The normalized spacial score (nSPS) is 40.6. The van der Waals surface area contributed by atoms with E-state index in [0.717, 1.165) is 11.5 Å². The van der Waals surface area contributed by atoms with Crippen LogP contribution >= 0.6 is 26.1 Å². The highest BCUT2D eigenvalue weighted by atomic mass is 32.5. The number of nitrogens with zero attached hydrogens (tertiary/aromatic N) is 3. The number of nitrogen functional groups attached to an aromatic ring is 1. The molecule has 0 amide bonds. The number of hydrogen-bond acceptors (Lipinski definition) is 19. The van der Waals surface area contributed by atoms with E-state index in [2.05, 4.69) is 18.7 Å². The molecule has 5 rings (SSSR count). The lowest BCUT2D eigenvalue weighted by Crippen LogP contribution is -2.64. The van der Waals surface area contributed by atoms with Crippen molar-refractivity contribution < 1.29 is 67.8 Å². The molecule has 19 nitrogen and oxygen atoms in total. The van der Waals surface area contributed by atoms with Crippen molar-refractivity contribution in [1.82, 2.24) is 14.3 Å². The summed E-state index contributed by atoms with van der Waals surface area (Å²) in [5.74, 6) is -5.39. The van der Waals surface area contributed by atoms with Gasteiger partial charge >= 0.3 is 14.5 Å². The minimum absolute atomic E-state index is 0.136. The van der Waals surface area contributed by atoms with Gasteiger partial charge in [-0.2, -0.15) is 4.37 Å². The zero-order chi connectivity index (χ0) is 30.1. The average Bonchev–Trinajstić information content (AvgIpc) is 3.47. The molecule has 230 valence electrons. The largest absolute Gasteiger partial charge is 0.481 e. The lowest BCUT2D eigenvalue weighted by molar-refractivity contribution is -0.427. The molecule has 1 saturated carbocycles. The molecule has 2 aromatic heterocycles. The minimum atomic E-state index is -5.31. The highest BCUT2D eigenvalue weighted by Gasteiger charge is 2.73. The fourth-order valence-electron chi connectivity index (χ4n) is 5.16. The van der Waals surface area contributed by atoms with E-state index in [0.29, 0.717) is 15.9 Å². The zero-order valence-electron chi connectivity index (χ0n) is 20.5. The third kappa shape index (κ3) is 5.59. The Bertz CT molecular complexity index is 1390. The molecule has 0 aromatic carbocycles. The summed E-state index contributed by atoms with van der Waals surface area (Å²) >= 11 is 5.76. The van der Waals surface area contributed by atoms with Gasteiger partial charge in [0.2, 0.25) is 0 Å². The van der Waals surface area contributed by atoms with Crippen LogP contribution in [0.15, 0.2) is 6.33 Å². The van der Waals surface area contributed by atoms with Gasteiger partial charge in [-0.3, -0.25) is 4.52 Å². The number of hydrogen-bond donors (Lipinski definition) is 10. The van der Waals surface area contributed by atoms with E-state index in [-0.39, 0.29) is 5.82 Å². The molecule has 2 saturated heterocycles. The Morgan fingerprint density at radius 2 is 1.90 bits per heavy atom. The van der Waals surface area contributed by atoms with Crippen LogP contribution in [-0.2, 0) is 39.2 Å². The average molecular weight is 664 g/mol. The molecule has 1 aliphatic carbocycles. The van der Waals surface area contributed by atoms with Crippen LogP contribution in [0, 0.1) is 11.8 Å². The summed E-state index contributed by atoms with van der Waals surface area (Å²) in [5.41, 5.74) is 12.6. The Balaban J connectivity index is 1.19. The van der Waals surface area contributed by atoms with E-state index in [1.165, 1.54) is 6.33 Å². The van der Waals surface area contributed by atoms with E-state index in [9.17, 15) is 39.9 Å². The summed E-state index contributed by atoms with van der Waals surface area (Å²) in [6.45, 7) is -6.10. The number of anilines is 1. The Labute approximate surface area is 239 Å². The third-order valence-electron chi connectivity index (χ3n) is 7.11. The van der Waals surface area contributed by atoms with Crippen LogP contribution in [0.1, 0.15) is 11.0 Å². The first-order valence-electron chi connectivity index (χ1n) is 11.8. The molecule has 41 heavy (non-hydrogen) atoms. The van der Waals surface area contributed by atoms with Crippen molar-refractivity contribution in [2.75, 3.05) is 18.9 Å². The standard InChI is InChI=1S/C18H27N5O14P2S2/c19-8-11(26)5(34-14(8)15-9-10(23-41-15)16(20)22-3-21-9)2-33-39(32,40)37-38(30,31)36-17-7-13(28)12(27)6(4(25)1-24)18(7,29)35-17/h3-8,11-14,17,24-29H,1-2,19H2,(H,30,31)(H,32,40)(H2,20,21,22)/t4-,5+,6?,7?,8+,11+,12?,13?,14+,17?,18?,39?/m0/s1. The van der Waals surface area contributed by atoms with E-state index < -0.39 is 94.3 Å². The van der Waals surface area contributed by atoms with Gasteiger partial charge in [0.1, 0.15) is 35.7 Å². The molecule has 3 fully saturated rings. The molecule has 3 aliphatic rings. The van der Waals surface area contributed by atoms with E-state index in [4.69, 9.17) is 46.9 Å². The number of aliphatic hydroxyl groups excluding tert-OH is 5. The number of fused-ring (bicyclic) bond motifs is 2. The number of nitrogens with two attached hydrogens (primary N) is 2. The summed E-state index contributed by atoms with van der Waals surface area (Å²) in [4.78, 5) is 29.0. The predicted octanol–water partition coefficient (Wildman–Crippen LogP) is -3.47. The molecule has 13 atom stereocenters. The van der Waals surface area contributed by atoms with Crippen LogP contribution in [0.4, 0.5) is 5.82 Å². The van der Waals surface area contributed by atoms with Crippen LogP contribution in [0.2, 0.25) is 0 Å². The maximum Gasteiger partial charge on any atom is 0.481 e. The fourth-order valence-corrected chi connectivity index (χ4v) is 9.18. The highest BCUT2D eigenvalue weighted by molar-refractivity contribution is 8.08. The Morgan fingerprint density at radius 1 is 1.20 bits per heavy atom. The van der Waals surface area contributed by atoms with Crippen LogP contribution in [0.25, 0.3) is 11.0 Å². The minimum Gasteiger partial charge on any atom is -0.394 e. The van der Waals surface area contributed by atoms with Crippen LogP contribution in [-0.4, -0.2) is 117 Å². The van der Waals surface area contributed by atoms with Crippen molar-refractivity contribution in [2.24, 2.45) is 17.6 Å². The zero-order valence-corrected chi connectivity index (χ0v) is 23.9. The lowest BCUT2D eigenvalue weighted by atomic mass is 9.86. The number of ether oxygens (including phenoxy) is 2. The van der Waals surface area contributed by atoms with Crippen molar-refractivity contribution in [3.8, 4) is 0 Å². The molecule has 0 bridgehead atoms. The Kier molecular flexibility index (Phi) is 8.63. The molecule has 2 aromatic rings. The van der Waals surface area contributed by atoms with Gasteiger partial charge in [0.25, 0.3) is 0 Å². The van der Waals surface area contributed by atoms with Crippen molar-refractivity contribution in [2.45, 2.75) is 54.7 Å². The van der Waals surface area contributed by atoms with Crippen LogP contribution in [0.5, 0.6) is 0 Å². The SMILES string of the molecule is Nc1ncnc2c([C@@H]3O[C@H](COP(O)(=S)OP(=O)(O)OC4OC5(O)C4C(O)C(O)C5[C@@H](O)CO)[C@@H](O)[C@H]3N)snc12. The van der Waals surface area contributed by atoms with Crippen molar-refractivity contribution in [3.63, 3.8) is 0 Å². The molecule has 0 radical (unpaired) electrons. The second-order valence-corrected chi connectivity index (χ2v) is 14.8. The maximum atomic E-state index is 12.6. The predicted molar refractivity (Wildman–Crippen MR) is 138 cm³/mol. The lowest BCUT2D eigenvalue weighted by Gasteiger charge is -2.49. The summed E-state index contributed by atoms with van der Waals surface area (Å²) in [6, 6.07) is -0.996. The van der Waals surface area contributed by atoms with Gasteiger partial charge in [-0.25, -0.2) is 18.8 Å². The Morgan fingerprint density at radius 3 is 2.59 bits per heavy atom. The first-order chi connectivity index (χ1) is 19.1. The summed E-state index contributed by atoms with van der Waals surface area (Å²) in [6.07, 6.45) is -9.35. The fraction of sp³-hybridized carbons (Fsp3) is 0.722. The van der Waals surface area contributed by atoms with Crippen molar-refractivity contribution >= 4 is 54.7 Å². The van der Waals surface area contributed by atoms with Gasteiger partial charge in [0, 0.05) is 0 Å². The summed E-state index contributed by atoms with van der Waals surface area (Å²) in [5, 5.41) is 60.6. The number of rotatable bonds is 10. The van der Waals surface area contributed by atoms with Gasteiger partial charge in [-0.1, -0.05) is 0 Å². The summed E-state index contributed by atoms with van der Waals surface area (Å²) < 4.78 is 42.0. The second kappa shape index (κ2) is 11.2. The number of phosphoric ester groups is 1. The third-order valence-corrected chi connectivity index (χ3v) is 11.5. The maximum absolute atomic E-state index is 12.6. The second-order valence-electron chi connectivity index (χ2n) is 9.61. The van der Waals surface area contributed by atoms with E-state index >= 15 is 0 Å². The van der Waals surface area contributed by atoms with Crippen molar-refractivity contribution in [3.05, 3.63) is 11.2 Å². The smallest absolute Gasteiger partial charge is 0.394 e. The van der Waals surface area contributed by atoms with Crippen LogP contribution in [0.3, 0.4) is 0 Å². The molecule has 12 N–H and O–H groups in total. The van der Waals surface area contributed by atoms with Crippen LogP contribution < -0.4 is 11.5 Å². The van der Waals surface area contributed by atoms with Gasteiger partial charge < -0.3 is 65.9 Å². The quantitative estimate of drug-likeness (QED) is 0.110.